The van der Waals surface area contributed by atoms with Crippen LogP contribution in [0.15, 0.2) is 0 Å². The summed E-state index contributed by atoms with van der Waals surface area (Å²) in [5.41, 5.74) is 0. The number of halogens is 1. The minimum atomic E-state index is 0.400. The molecule has 0 aromatic rings. The fourth-order valence-corrected chi connectivity index (χ4v) is 0.335. The van der Waals surface area contributed by atoms with Gasteiger partial charge in [0.1, 0.15) is 0 Å². The molecule has 0 spiro atoms. The van der Waals surface area contributed by atoms with Crippen molar-refractivity contribution >= 4 is 11.6 Å². The van der Waals surface area contributed by atoms with Gasteiger partial charge in [-0.1, -0.05) is 0 Å². The van der Waals surface area contributed by atoms with Crippen molar-refractivity contribution < 1.29 is 4.74 Å². The number of hydrogen-bond donors (Lipinski definition) is 1. The van der Waals surface area contributed by atoms with Crippen LogP contribution in [0.25, 0.3) is 0 Å². The lowest BCUT2D eigenvalue weighted by Crippen LogP contribution is -1.80. The van der Waals surface area contributed by atoms with Gasteiger partial charge in [-0.25, -0.2) is 0 Å². The molecule has 2 nitrogen and oxygen atoms in total. The van der Waals surface area contributed by atoms with E-state index < -0.39 is 0 Å². The van der Waals surface area contributed by atoms with Crippen molar-refractivity contribution in [3.63, 3.8) is 0 Å². The Balaban J connectivity index is 0.0000000907. The molecule has 2 rings (SSSR count). The van der Waals surface area contributed by atoms with E-state index in [1.165, 1.54) is 13.1 Å². The molecule has 0 aromatic heterocycles. The lowest BCUT2D eigenvalue weighted by atomic mass is 10.6. The van der Waals surface area contributed by atoms with Gasteiger partial charge in [-0.2, -0.15) is 0 Å². The molecule has 0 saturated carbocycles. The summed E-state index contributed by atoms with van der Waals surface area (Å²) in [7, 11) is 0. The average Bonchev–Trinajstić information content (AvgIpc) is 2.65. The minimum absolute atomic E-state index is 0.400. The van der Waals surface area contributed by atoms with Gasteiger partial charge in [0.15, 0.2) is 0 Å². The first-order chi connectivity index (χ1) is 3.93. The molecule has 2 heterocycles. The van der Waals surface area contributed by atoms with E-state index in [1.54, 1.807) is 0 Å². The molecule has 48 valence electrons. The maximum Gasteiger partial charge on any atom is 0.0944 e. The third-order valence-corrected chi connectivity index (χ3v) is 1.17. The Kier molecular flexibility index (Phi) is 2.59. The zero-order valence-electron chi connectivity index (χ0n) is 4.69. The van der Waals surface area contributed by atoms with Crippen LogP contribution in [0, 0.1) is 0 Å². The van der Waals surface area contributed by atoms with E-state index in [4.69, 9.17) is 16.3 Å². The largest absolute Gasteiger partial charge is 0.372 e. The molecule has 0 amide bonds. The second-order valence-corrected chi connectivity index (χ2v) is 2.17. The van der Waals surface area contributed by atoms with Crippen molar-refractivity contribution in [3.05, 3.63) is 0 Å². The van der Waals surface area contributed by atoms with Crippen molar-refractivity contribution in [1.29, 1.82) is 0 Å². The highest BCUT2D eigenvalue weighted by atomic mass is 35.5. The fraction of sp³-hybridized carbons (Fsp3) is 1.00. The minimum Gasteiger partial charge on any atom is -0.372 e. The van der Waals surface area contributed by atoms with Gasteiger partial charge in [0.2, 0.25) is 0 Å². The van der Waals surface area contributed by atoms with Gasteiger partial charge < -0.3 is 10.1 Å². The van der Waals surface area contributed by atoms with Crippen molar-refractivity contribution in [2.45, 2.75) is 6.10 Å². The van der Waals surface area contributed by atoms with E-state index in [0.29, 0.717) is 12.0 Å². The number of rotatable bonds is 1. The molecule has 2 aliphatic heterocycles. The summed E-state index contributed by atoms with van der Waals surface area (Å²) in [5, 5.41) is 3.00. The Morgan fingerprint density at radius 3 is 2.12 bits per heavy atom. The number of alkyl halides is 1. The van der Waals surface area contributed by atoms with Crippen LogP contribution >= 0.6 is 11.6 Å². The fourth-order valence-electron chi connectivity index (χ4n) is 0.157. The Morgan fingerprint density at radius 2 is 2.12 bits per heavy atom. The molecule has 1 atom stereocenters. The smallest absolute Gasteiger partial charge is 0.0944 e. The summed E-state index contributed by atoms with van der Waals surface area (Å²) in [6.07, 6.45) is 0.400. The molecular formula is C5H10ClNO. The van der Waals surface area contributed by atoms with Crippen LogP contribution in [0.1, 0.15) is 0 Å². The summed E-state index contributed by atoms with van der Waals surface area (Å²) in [6.45, 7) is 3.38. The Bertz CT molecular complexity index is 60.7. The molecular weight excluding hydrogens is 126 g/mol. The van der Waals surface area contributed by atoms with Gasteiger partial charge >= 0.3 is 0 Å². The van der Waals surface area contributed by atoms with Gasteiger partial charge in [-0.15, -0.1) is 11.6 Å². The number of ether oxygens (including phenoxy) is 1. The lowest BCUT2D eigenvalue weighted by Gasteiger charge is -1.67. The predicted octanol–water partition coefficient (Wildman–Crippen LogP) is 0.214. The maximum absolute atomic E-state index is 5.27. The number of epoxide rings is 1. The molecule has 2 aliphatic rings. The molecule has 1 N–H and O–H groups in total. The monoisotopic (exact) mass is 135 g/mol. The molecule has 0 aromatic carbocycles. The van der Waals surface area contributed by atoms with Crippen molar-refractivity contribution in [2.75, 3.05) is 25.6 Å². The van der Waals surface area contributed by atoms with Crippen LogP contribution in [-0.4, -0.2) is 31.7 Å². The van der Waals surface area contributed by atoms with Gasteiger partial charge in [0.25, 0.3) is 0 Å². The molecule has 8 heavy (non-hydrogen) atoms. The van der Waals surface area contributed by atoms with Crippen LogP contribution in [0.5, 0.6) is 0 Å². The first kappa shape index (κ1) is 6.33. The van der Waals surface area contributed by atoms with Crippen molar-refractivity contribution in [2.24, 2.45) is 0 Å². The van der Waals surface area contributed by atoms with Crippen LogP contribution in [0.4, 0.5) is 0 Å². The van der Waals surface area contributed by atoms with Crippen LogP contribution in [0.3, 0.4) is 0 Å². The zero-order chi connectivity index (χ0) is 5.82. The average molecular weight is 136 g/mol. The van der Waals surface area contributed by atoms with E-state index in [2.05, 4.69) is 5.32 Å². The van der Waals surface area contributed by atoms with Crippen molar-refractivity contribution in [3.8, 4) is 0 Å². The lowest BCUT2D eigenvalue weighted by molar-refractivity contribution is 0.425. The van der Waals surface area contributed by atoms with Gasteiger partial charge in [-0.3, -0.25) is 0 Å². The molecule has 2 fully saturated rings. The molecule has 0 radical (unpaired) electrons. The number of hydrogen-bond acceptors (Lipinski definition) is 2. The van der Waals surface area contributed by atoms with E-state index in [-0.39, 0.29) is 0 Å². The maximum atomic E-state index is 5.27. The highest BCUT2D eigenvalue weighted by Gasteiger charge is 2.19. The third kappa shape index (κ3) is 4.37. The van der Waals surface area contributed by atoms with Gasteiger partial charge in [0.05, 0.1) is 18.6 Å². The van der Waals surface area contributed by atoms with Crippen LogP contribution < -0.4 is 5.32 Å². The topological polar surface area (TPSA) is 34.5 Å². The molecule has 0 aliphatic carbocycles. The Hall–Kier alpha value is 0.210. The standard InChI is InChI=1S/C3H5ClO.C2H5N/c4-1-3-2-5-3;1-2-3-1/h3H,1-2H2;3H,1-2H2. The summed E-state index contributed by atoms with van der Waals surface area (Å²) in [6, 6.07) is 0. The highest BCUT2D eigenvalue weighted by Crippen LogP contribution is 2.08. The number of nitrogens with one attached hydrogen (secondary N) is 1. The Labute approximate surface area is 54.2 Å². The van der Waals surface area contributed by atoms with Crippen LogP contribution in [0.2, 0.25) is 0 Å². The molecule has 1 unspecified atom stereocenters. The van der Waals surface area contributed by atoms with E-state index >= 15 is 0 Å². The summed E-state index contributed by atoms with van der Waals surface area (Å²) in [4.78, 5) is 0. The van der Waals surface area contributed by atoms with E-state index in [9.17, 15) is 0 Å². The van der Waals surface area contributed by atoms with Crippen molar-refractivity contribution in [1.82, 2.24) is 5.32 Å². The highest BCUT2D eigenvalue weighted by molar-refractivity contribution is 6.18. The van der Waals surface area contributed by atoms with Gasteiger partial charge in [-0.05, 0) is 0 Å². The first-order valence-corrected chi connectivity index (χ1v) is 3.35. The summed E-state index contributed by atoms with van der Waals surface area (Å²) in [5.74, 6) is 0.667. The van der Waals surface area contributed by atoms with E-state index in [1.807, 2.05) is 0 Å². The third-order valence-electron chi connectivity index (χ3n) is 0.824. The molecule has 2 saturated heterocycles. The second-order valence-electron chi connectivity index (χ2n) is 1.86. The SMILES string of the molecule is C1CN1.ClCC1CO1. The quantitative estimate of drug-likeness (QED) is 0.412. The molecule has 0 bridgehead atoms. The summed E-state index contributed by atoms with van der Waals surface area (Å²) < 4.78 is 4.73. The normalized spacial score (nSPS) is 30.4. The van der Waals surface area contributed by atoms with E-state index in [0.717, 1.165) is 6.61 Å². The van der Waals surface area contributed by atoms with Gasteiger partial charge in [0, 0.05) is 13.1 Å². The zero-order valence-corrected chi connectivity index (χ0v) is 5.45. The predicted molar refractivity (Wildman–Crippen MR) is 33.3 cm³/mol. The van der Waals surface area contributed by atoms with Crippen LogP contribution in [-0.2, 0) is 4.74 Å². The second kappa shape index (κ2) is 3.28. The first-order valence-electron chi connectivity index (χ1n) is 2.82. The summed E-state index contributed by atoms with van der Waals surface area (Å²) >= 11 is 5.27. The molecule has 3 heteroatoms. The Morgan fingerprint density at radius 1 is 1.62 bits per heavy atom.